The Morgan fingerprint density at radius 1 is 1.37 bits per heavy atom. The molecule has 3 aliphatic carbocycles. The van der Waals surface area contributed by atoms with Crippen molar-refractivity contribution >= 4 is 11.8 Å². The smallest absolute Gasteiger partial charge is 0.309 e. The lowest BCUT2D eigenvalue weighted by Gasteiger charge is -2.62. The van der Waals surface area contributed by atoms with Crippen molar-refractivity contribution in [2.24, 2.45) is 11.8 Å². The van der Waals surface area contributed by atoms with Crippen LogP contribution in [0.5, 0.6) is 5.75 Å². The number of aliphatic hydroxyl groups is 1. The lowest BCUT2D eigenvalue weighted by atomic mass is 9.49. The molecule has 1 aromatic rings. The summed E-state index contributed by atoms with van der Waals surface area (Å²) in [5.41, 5.74) is 1.77. The molecule has 0 aromatic heterocycles. The molecule has 1 saturated heterocycles. The molecule has 2 bridgehead atoms. The van der Waals surface area contributed by atoms with Gasteiger partial charge in [-0.05, 0) is 63.1 Å². The van der Waals surface area contributed by atoms with Gasteiger partial charge in [-0.1, -0.05) is 12.1 Å². The van der Waals surface area contributed by atoms with Gasteiger partial charge in [0.15, 0.2) is 11.9 Å². The predicted molar refractivity (Wildman–Crippen MR) is 108 cm³/mol. The van der Waals surface area contributed by atoms with Crippen LogP contribution in [0.2, 0.25) is 0 Å². The highest BCUT2D eigenvalue weighted by molar-refractivity contribution is 5.89. The Hall–Kier alpha value is -1.92. The molecule has 3 fully saturated rings. The van der Waals surface area contributed by atoms with E-state index in [0.29, 0.717) is 25.4 Å². The molecular formula is C24H29NO5. The molecule has 0 amide bonds. The molecule has 6 heteroatoms. The monoisotopic (exact) mass is 411 g/mol. The molecule has 5 aliphatic rings. The summed E-state index contributed by atoms with van der Waals surface area (Å²) in [6, 6.07) is 4.19. The number of hydrogen-bond acceptors (Lipinski definition) is 6. The Morgan fingerprint density at radius 2 is 2.20 bits per heavy atom. The number of likely N-dealkylation sites (tertiary alicyclic amines) is 1. The molecule has 30 heavy (non-hydrogen) atoms. The number of nitrogens with zero attached hydrogens (tertiary/aromatic N) is 1. The second kappa shape index (κ2) is 6.07. The van der Waals surface area contributed by atoms with Crippen molar-refractivity contribution in [3.63, 3.8) is 0 Å². The number of piperidine rings is 1. The fraction of sp³-hybridized carbons (Fsp3) is 0.667. The number of carbonyl (C=O) groups is 2. The summed E-state index contributed by atoms with van der Waals surface area (Å²) >= 11 is 0. The second-order valence-corrected chi connectivity index (χ2v) is 9.92. The van der Waals surface area contributed by atoms with Gasteiger partial charge in [0.2, 0.25) is 0 Å². The van der Waals surface area contributed by atoms with Gasteiger partial charge in [-0.25, -0.2) is 0 Å². The molecule has 0 radical (unpaired) electrons. The highest BCUT2D eigenvalue weighted by Crippen LogP contribution is 2.64. The summed E-state index contributed by atoms with van der Waals surface area (Å²) in [6.07, 6.45) is 2.65. The Bertz CT molecular complexity index is 959. The average molecular weight is 411 g/mol. The van der Waals surface area contributed by atoms with Crippen molar-refractivity contribution in [3.8, 4) is 5.75 Å². The van der Waals surface area contributed by atoms with E-state index in [1.54, 1.807) is 0 Å². The van der Waals surface area contributed by atoms with Gasteiger partial charge in [0.1, 0.15) is 5.75 Å². The van der Waals surface area contributed by atoms with Gasteiger partial charge in [-0.15, -0.1) is 0 Å². The van der Waals surface area contributed by atoms with Crippen LogP contribution < -0.4 is 4.74 Å². The zero-order chi connectivity index (χ0) is 20.8. The molecule has 1 aromatic carbocycles. The first-order chi connectivity index (χ1) is 14.4. The summed E-state index contributed by atoms with van der Waals surface area (Å²) in [7, 11) is 0. The average Bonchev–Trinajstić information content (AvgIpc) is 3.39. The minimum atomic E-state index is -0.968. The quantitative estimate of drug-likeness (QED) is 0.763. The van der Waals surface area contributed by atoms with E-state index in [-0.39, 0.29) is 23.7 Å². The Morgan fingerprint density at radius 3 is 3.00 bits per heavy atom. The molecule has 6 nitrogen and oxygen atoms in total. The van der Waals surface area contributed by atoms with Crippen LogP contribution in [0.15, 0.2) is 12.1 Å². The van der Waals surface area contributed by atoms with E-state index in [4.69, 9.17) is 9.47 Å². The second-order valence-electron chi connectivity index (χ2n) is 9.92. The largest absolute Gasteiger partial charge is 0.481 e. The molecular weight excluding hydrogens is 382 g/mol. The number of rotatable bonds is 4. The Labute approximate surface area is 176 Å². The van der Waals surface area contributed by atoms with Crippen LogP contribution in [-0.2, 0) is 26.2 Å². The summed E-state index contributed by atoms with van der Waals surface area (Å²) in [4.78, 5) is 27.4. The van der Waals surface area contributed by atoms with Crippen LogP contribution in [-0.4, -0.2) is 59.2 Å². The van der Waals surface area contributed by atoms with Crippen molar-refractivity contribution in [2.75, 3.05) is 19.7 Å². The number of ketones is 1. The Kier molecular flexibility index (Phi) is 3.81. The molecule has 6 atom stereocenters. The predicted octanol–water partition coefficient (Wildman–Crippen LogP) is 1.92. The molecule has 2 saturated carbocycles. The van der Waals surface area contributed by atoms with Crippen molar-refractivity contribution in [1.29, 1.82) is 0 Å². The number of ether oxygens (including phenoxy) is 2. The number of aryl methyl sites for hydroxylation is 1. The number of carbonyl (C=O) groups excluding carboxylic acids is 2. The summed E-state index contributed by atoms with van der Waals surface area (Å²) < 4.78 is 11.5. The third-order valence-electron chi connectivity index (χ3n) is 8.57. The van der Waals surface area contributed by atoms with Crippen LogP contribution >= 0.6 is 0 Å². The van der Waals surface area contributed by atoms with E-state index < -0.39 is 17.1 Å². The lowest BCUT2D eigenvalue weighted by molar-refractivity contribution is -0.189. The fourth-order valence-electron chi connectivity index (χ4n) is 7.07. The molecule has 2 aliphatic heterocycles. The van der Waals surface area contributed by atoms with Gasteiger partial charge in [0, 0.05) is 24.6 Å². The maximum absolute atomic E-state index is 12.9. The number of benzene rings is 1. The van der Waals surface area contributed by atoms with E-state index >= 15 is 0 Å². The summed E-state index contributed by atoms with van der Waals surface area (Å²) in [6.45, 7) is 5.91. The van der Waals surface area contributed by atoms with Gasteiger partial charge in [0.25, 0.3) is 0 Å². The van der Waals surface area contributed by atoms with Crippen molar-refractivity contribution < 1.29 is 24.2 Å². The van der Waals surface area contributed by atoms with Gasteiger partial charge in [-0.3, -0.25) is 14.5 Å². The Balaban J connectivity index is 1.37. The van der Waals surface area contributed by atoms with E-state index in [0.717, 1.165) is 49.2 Å². The molecule has 160 valence electrons. The van der Waals surface area contributed by atoms with Crippen molar-refractivity contribution in [1.82, 2.24) is 4.90 Å². The maximum atomic E-state index is 12.9. The van der Waals surface area contributed by atoms with Gasteiger partial charge in [0.05, 0.1) is 23.5 Å². The first-order valence-electron chi connectivity index (χ1n) is 11.4. The standard InChI is InChI=1S/C24H29NO5/c1-3-29-22(27)16-10-15(16)12-25-9-8-23-19-14-5-4-13(2)20(19)30-21(23)17(26)6-7-24(23,28)18(25)11-14/h4-5,15-16,18,21,28H,3,6-12H2,1-2H3/t15?,16-,18-,21?,23+,24-/m1/s1. The molecule has 1 spiro atoms. The van der Waals surface area contributed by atoms with E-state index in [1.165, 1.54) is 5.56 Å². The highest BCUT2D eigenvalue weighted by atomic mass is 16.5. The number of esters is 1. The zero-order valence-electron chi connectivity index (χ0n) is 17.6. The minimum absolute atomic E-state index is 0.00361. The van der Waals surface area contributed by atoms with Crippen molar-refractivity contribution in [3.05, 3.63) is 28.8 Å². The number of hydrogen-bond donors (Lipinski definition) is 1. The van der Waals surface area contributed by atoms with Gasteiger partial charge >= 0.3 is 5.97 Å². The van der Waals surface area contributed by atoms with Crippen LogP contribution in [0.3, 0.4) is 0 Å². The van der Waals surface area contributed by atoms with E-state index in [9.17, 15) is 14.7 Å². The van der Waals surface area contributed by atoms with Crippen LogP contribution in [0, 0.1) is 18.8 Å². The number of Topliss-reactive ketones (excluding diaryl/α,β-unsaturated/α-hetero) is 1. The van der Waals surface area contributed by atoms with Crippen LogP contribution in [0.25, 0.3) is 0 Å². The molecule has 6 rings (SSSR count). The topological polar surface area (TPSA) is 76.1 Å². The molecule has 2 heterocycles. The molecule has 1 N–H and O–H groups in total. The first kappa shape index (κ1) is 18.8. The van der Waals surface area contributed by atoms with Gasteiger partial charge in [-0.2, -0.15) is 0 Å². The zero-order valence-corrected chi connectivity index (χ0v) is 17.6. The van der Waals surface area contributed by atoms with Crippen molar-refractivity contribution in [2.45, 2.75) is 69.1 Å². The SMILES string of the molecule is CCOC(=O)[C@@H]1CC1CN1CC[C@]23c4c5ccc(C)c4OC2C(=O)CC[C@@]3(O)[C@H]1C5. The lowest BCUT2D eigenvalue weighted by Crippen LogP contribution is -2.76. The first-order valence-corrected chi connectivity index (χ1v) is 11.4. The highest BCUT2D eigenvalue weighted by Gasteiger charge is 2.73. The van der Waals surface area contributed by atoms with E-state index in [2.05, 4.69) is 17.0 Å². The minimum Gasteiger partial charge on any atom is -0.481 e. The fourth-order valence-corrected chi connectivity index (χ4v) is 7.07. The van der Waals surface area contributed by atoms with Crippen LogP contribution in [0.1, 0.15) is 49.3 Å². The summed E-state index contributed by atoms with van der Waals surface area (Å²) in [5.74, 6) is 1.17. The third-order valence-corrected chi connectivity index (χ3v) is 8.57. The molecule has 2 unspecified atom stereocenters. The third kappa shape index (κ3) is 2.16. The van der Waals surface area contributed by atoms with Crippen LogP contribution in [0.4, 0.5) is 0 Å². The van der Waals surface area contributed by atoms with Gasteiger partial charge < -0.3 is 14.6 Å². The summed E-state index contributed by atoms with van der Waals surface area (Å²) in [5, 5.41) is 12.2. The normalized spacial score (nSPS) is 40.6. The van der Waals surface area contributed by atoms with E-state index in [1.807, 2.05) is 13.8 Å². The maximum Gasteiger partial charge on any atom is 0.309 e.